The van der Waals surface area contributed by atoms with E-state index in [1.54, 1.807) is 36.8 Å². The van der Waals surface area contributed by atoms with E-state index in [2.05, 4.69) is 20.2 Å². The summed E-state index contributed by atoms with van der Waals surface area (Å²) in [5.74, 6) is 0.741. The molecule has 0 unspecified atom stereocenters. The fraction of sp³-hybridized carbons (Fsp3) is 0.333. The van der Waals surface area contributed by atoms with E-state index >= 15 is 0 Å². The van der Waals surface area contributed by atoms with E-state index in [-0.39, 0.29) is 23.9 Å². The second-order valence-electron chi connectivity index (χ2n) is 9.16. The average molecular weight is 490 g/mol. The Morgan fingerprint density at radius 2 is 1.89 bits per heavy atom. The van der Waals surface area contributed by atoms with Crippen molar-refractivity contribution in [1.82, 2.24) is 20.2 Å². The molecule has 7 nitrogen and oxygen atoms in total. The Hall–Kier alpha value is -3.45. The van der Waals surface area contributed by atoms with Crippen LogP contribution < -0.4 is 10.2 Å². The molecule has 0 saturated carbocycles. The van der Waals surface area contributed by atoms with Crippen molar-refractivity contribution in [1.29, 1.82) is 0 Å². The first-order chi connectivity index (χ1) is 17.0. The number of carbonyl (C=O) groups is 2. The molecule has 2 aliphatic rings. The molecule has 2 heterocycles. The number of aryl methyl sites for hydroxylation is 1. The van der Waals surface area contributed by atoms with E-state index in [4.69, 9.17) is 11.6 Å². The monoisotopic (exact) mass is 489 g/mol. The zero-order valence-electron chi connectivity index (χ0n) is 19.7. The van der Waals surface area contributed by atoms with Crippen molar-refractivity contribution >= 4 is 29.2 Å². The van der Waals surface area contributed by atoms with Crippen molar-refractivity contribution in [2.24, 2.45) is 0 Å². The van der Waals surface area contributed by atoms with Crippen LogP contribution in [0.15, 0.2) is 61.1 Å². The van der Waals surface area contributed by atoms with E-state index in [0.717, 1.165) is 50.2 Å². The lowest BCUT2D eigenvalue weighted by molar-refractivity contribution is 0.0709. The van der Waals surface area contributed by atoms with Crippen LogP contribution in [0.25, 0.3) is 0 Å². The highest BCUT2D eigenvalue weighted by molar-refractivity contribution is 6.33. The van der Waals surface area contributed by atoms with Crippen LogP contribution in [-0.2, 0) is 6.42 Å². The highest BCUT2D eigenvalue weighted by atomic mass is 35.5. The number of benzene rings is 2. The third-order valence-corrected chi connectivity index (χ3v) is 7.45. The molecule has 0 spiro atoms. The molecule has 1 N–H and O–H groups in total. The number of nitrogens with one attached hydrogen (secondary N) is 1. The Balaban J connectivity index is 1.25. The minimum Gasteiger partial charge on any atom is -0.356 e. The van der Waals surface area contributed by atoms with Gasteiger partial charge in [0.25, 0.3) is 11.8 Å². The Morgan fingerprint density at radius 3 is 2.63 bits per heavy atom. The Kier molecular flexibility index (Phi) is 6.68. The highest BCUT2D eigenvalue weighted by Gasteiger charge is 2.29. The maximum absolute atomic E-state index is 13.4. The van der Waals surface area contributed by atoms with Crippen LogP contribution in [-0.4, -0.2) is 52.9 Å². The highest BCUT2D eigenvalue weighted by Crippen LogP contribution is 2.33. The number of hydrogen-bond donors (Lipinski definition) is 1. The van der Waals surface area contributed by atoms with Gasteiger partial charge in [-0.1, -0.05) is 29.8 Å². The van der Waals surface area contributed by atoms with E-state index in [1.807, 2.05) is 36.2 Å². The number of fused-ring (bicyclic) bond motifs is 1. The minimum absolute atomic E-state index is 0.0105. The summed E-state index contributed by atoms with van der Waals surface area (Å²) in [6.07, 6.45) is 6.76. The smallest absolute Gasteiger partial charge is 0.253 e. The van der Waals surface area contributed by atoms with Crippen LogP contribution in [0.4, 0.5) is 5.82 Å². The molecular formula is C27H28ClN5O2. The summed E-state index contributed by atoms with van der Waals surface area (Å²) in [4.78, 5) is 38.6. The zero-order chi connectivity index (χ0) is 24.4. The summed E-state index contributed by atoms with van der Waals surface area (Å²) < 4.78 is 0. The van der Waals surface area contributed by atoms with E-state index in [9.17, 15) is 9.59 Å². The van der Waals surface area contributed by atoms with Crippen LogP contribution >= 0.6 is 11.6 Å². The summed E-state index contributed by atoms with van der Waals surface area (Å²) in [6, 6.07) is 14.9. The number of aromatic nitrogens is 2. The molecule has 1 aliphatic heterocycles. The summed E-state index contributed by atoms with van der Waals surface area (Å²) in [5, 5.41) is 3.54. The lowest BCUT2D eigenvalue weighted by atomic mass is 10.00. The number of halogens is 1. The van der Waals surface area contributed by atoms with Crippen molar-refractivity contribution in [3.63, 3.8) is 0 Å². The van der Waals surface area contributed by atoms with Crippen LogP contribution in [0.5, 0.6) is 0 Å². The molecule has 0 bridgehead atoms. The molecule has 3 aromatic rings. The third kappa shape index (κ3) is 4.86. The minimum atomic E-state index is -0.197. The van der Waals surface area contributed by atoms with Crippen LogP contribution in [0.2, 0.25) is 5.02 Å². The topological polar surface area (TPSA) is 78.4 Å². The van der Waals surface area contributed by atoms with E-state index < -0.39 is 0 Å². The third-order valence-electron chi connectivity index (χ3n) is 7.12. The van der Waals surface area contributed by atoms with Gasteiger partial charge in [0.2, 0.25) is 0 Å². The number of anilines is 1. The fourth-order valence-electron chi connectivity index (χ4n) is 5.09. The molecule has 180 valence electrons. The van der Waals surface area contributed by atoms with E-state index in [0.29, 0.717) is 16.1 Å². The molecule has 35 heavy (non-hydrogen) atoms. The van der Waals surface area contributed by atoms with Gasteiger partial charge in [0, 0.05) is 37.9 Å². The maximum atomic E-state index is 13.4. The van der Waals surface area contributed by atoms with Crippen molar-refractivity contribution in [2.75, 3.05) is 25.0 Å². The SMILES string of the molecule is CN(C(=O)c1ccc2c(c1)[C@H](NC(=O)c1ccccc1Cl)CC2)C1CCN(c2ccncn2)CC1. The van der Waals surface area contributed by atoms with Crippen LogP contribution in [0.3, 0.4) is 0 Å². The second-order valence-corrected chi connectivity index (χ2v) is 9.57. The first kappa shape index (κ1) is 23.3. The molecule has 1 fully saturated rings. The number of piperidine rings is 1. The Morgan fingerprint density at radius 1 is 1.09 bits per heavy atom. The Labute approximate surface area is 210 Å². The molecule has 1 saturated heterocycles. The largest absolute Gasteiger partial charge is 0.356 e. The van der Waals surface area contributed by atoms with Crippen molar-refractivity contribution < 1.29 is 9.59 Å². The molecule has 0 radical (unpaired) electrons. The van der Waals surface area contributed by atoms with Crippen molar-refractivity contribution in [3.8, 4) is 0 Å². The molecule has 2 aromatic carbocycles. The van der Waals surface area contributed by atoms with Crippen molar-refractivity contribution in [2.45, 2.75) is 37.8 Å². The lowest BCUT2D eigenvalue weighted by Crippen LogP contribution is -2.46. The number of nitrogens with zero attached hydrogens (tertiary/aromatic N) is 4. The molecule has 1 atom stereocenters. The standard InChI is InChI=1S/C27H28ClN5O2/c1-32(20-11-14-33(15-12-20)25-10-13-29-17-30-25)27(35)19-7-6-18-8-9-24(22(18)16-19)31-26(34)21-4-2-3-5-23(21)28/h2-7,10,13,16-17,20,24H,8-9,11-12,14-15H2,1H3,(H,31,34)/t24-/m1/s1. The lowest BCUT2D eigenvalue weighted by Gasteiger charge is -2.37. The zero-order valence-corrected chi connectivity index (χ0v) is 20.4. The van der Waals surface area contributed by atoms with Gasteiger partial charge in [0.1, 0.15) is 12.1 Å². The predicted octanol–water partition coefficient (Wildman–Crippen LogP) is 4.29. The quantitative estimate of drug-likeness (QED) is 0.578. The normalized spacial score (nSPS) is 17.7. The van der Waals surface area contributed by atoms with Crippen LogP contribution in [0.1, 0.15) is 57.1 Å². The summed E-state index contributed by atoms with van der Waals surface area (Å²) in [5.41, 5.74) is 3.31. The average Bonchev–Trinajstić information content (AvgIpc) is 3.30. The summed E-state index contributed by atoms with van der Waals surface area (Å²) in [6.45, 7) is 1.69. The molecule has 5 rings (SSSR count). The van der Waals surface area contributed by atoms with Gasteiger partial charge in [-0.25, -0.2) is 9.97 Å². The molecule has 8 heteroatoms. The van der Waals surface area contributed by atoms with Gasteiger partial charge in [0.15, 0.2) is 0 Å². The van der Waals surface area contributed by atoms with Gasteiger partial charge in [-0.3, -0.25) is 9.59 Å². The van der Waals surface area contributed by atoms with Gasteiger partial charge in [-0.2, -0.15) is 0 Å². The first-order valence-corrected chi connectivity index (χ1v) is 12.4. The van der Waals surface area contributed by atoms with Crippen LogP contribution in [0, 0.1) is 0 Å². The maximum Gasteiger partial charge on any atom is 0.253 e. The molecule has 2 amide bonds. The number of hydrogen-bond acceptors (Lipinski definition) is 5. The van der Waals surface area contributed by atoms with E-state index in [1.165, 1.54) is 5.56 Å². The predicted molar refractivity (Wildman–Crippen MR) is 136 cm³/mol. The van der Waals surface area contributed by atoms with Gasteiger partial charge in [-0.05, 0) is 67.1 Å². The Bertz CT molecular complexity index is 1230. The molecular weight excluding hydrogens is 462 g/mol. The summed E-state index contributed by atoms with van der Waals surface area (Å²) >= 11 is 6.20. The van der Waals surface area contributed by atoms with Crippen molar-refractivity contribution in [3.05, 3.63) is 88.3 Å². The molecule has 1 aromatic heterocycles. The fourth-order valence-corrected chi connectivity index (χ4v) is 5.31. The number of rotatable bonds is 5. The van der Waals surface area contributed by atoms with Gasteiger partial charge >= 0.3 is 0 Å². The second kappa shape index (κ2) is 10.0. The van der Waals surface area contributed by atoms with Gasteiger partial charge in [-0.15, -0.1) is 0 Å². The molecule has 1 aliphatic carbocycles. The van der Waals surface area contributed by atoms with Gasteiger partial charge in [0.05, 0.1) is 16.6 Å². The summed E-state index contributed by atoms with van der Waals surface area (Å²) in [7, 11) is 1.89. The number of carbonyl (C=O) groups excluding carboxylic acids is 2. The first-order valence-electron chi connectivity index (χ1n) is 12.0. The number of amides is 2. The van der Waals surface area contributed by atoms with Gasteiger partial charge < -0.3 is 15.1 Å².